The van der Waals surface area contributed by atoms with Gasteiger partial charge in [0, 0.05) is 26.1 Å². The van der Waals surface area contributed by atoms with Crippen molar-refractivity contribution in [3.63, 3.8) is 0 Å². The lowest BCUT2D eigenvalue weighted by Crippen LogP contribution is -2.47. The lowest BCUT2D eigenvalue weighted by molar-refractivity contribution is 1.07. The summed E-state index contributed by atoms with van der Waals surface area (Å²) in [6.45, 7) is 0. The molecule has 2 aromatic heterocycles. The molecule has 0 fully saturated rings. The molecule has 0 spiro atoms. The molecule has 9 rings (SSSR count). The number of thiophene rings is 1. The van der Waals surface area contributed by atoms with E-state index in [0.717, 1.165) is 27.8 Å². The molecule has 0 bridgehead atoms. The fraction of sp³-hybridized carbons (Fsp3) is 0. The van der Waals surface area contributed by atoms with Crippen LogP contribution in [-0.2, 0) is 0 Å². The van der Waals surface area contributed by atoms with E-state index in [1.165, 1.54) is 80.7 Å². The van der Waals surface area contributed by atoms with Crippen LogP contribution in [0, 0.1) is 0 Å². The molecule has 3 nitrogen and oxygen atoms in total. The number of rotatable bonds is 6. The van der Waals surface area contributed by atoms with Crippen molar-refractivity contribution in [1.29, 1.82) is 0 Å². The number of hydrogen-bond donors (Lipinski definition) is 0. The highest BCUT2D eigenvalue weighted by atomic mass is 32.1. The molecule has 7 aromatic carbocycles. The highest BCUT2D eigenvalue weighted by molar-refractivity contribution is 7.28. The molecule has 0 amide bonds. The second-order valence-corrected chi connectivity index (χ2v) is 16.1. The molecule has 0 aliphatic heterocycles. The third-order valence-electron chi connectivity index (χ3n) is 11.9. The van der Waals surface area contributed by atoms with Crippen molar-refractivity contribution >= 4 is 125 Å². The molecule has 0 N–H and O–H groups in total. The van der Waals surface area contributed by atoms with E-state index in [0.29, 0.717) is 17.5 Å². The topological polar surface area (TPSA) is 38.7 Å². The Kier molecular flexibility index (Phi) is 9.22. The summed E-state index contributed by atoms with van der Waals surface area (Å²) in [7, 11) is 16.1. The first-order valence-corrected chi connectivity index (χ1v) is 20.1. The summed E-state index contributed by atoms with van der Waals surface area (Å²) in [5.41, 5.74) is 19.8. The molecule has 0 aliphatic carbocycles. The lowest BCUT2D eigenvalue weighted by atomic mass is 9.64. The molecule has 11 heteroatoms. The van der Waals surface area contributed by atoms with Gasteiger partial charge in [-0.1, -0.05) is 155 Å². The minimum atomic E-state index is 0.649. The van der Waals surface area contributed by atoms with Crippen molar-refractivity contribution in [3.05, 3.63) is 133 Å². The molecular formula is C45H36B7N3S. The van der Waals surface area contributed by atoms with E-state index in [1.54, 1.807) is 0 Å². The van der Waals surface area contributed by atoms with Crippen molar-refractivity contribution in [2.45, 2.75) is 0 Å². The summed E-state index contributed by atoms with van der Waals surface area (Å²) in [4.78, 5) is 15.0. The Balaban J connectivity index is 1.09. The summed E-state index contributed by atoms with van der Waals surface area (Å²) >= 11 is 1.97. The van der Waals surface area contributed by atoms with Gasteiger partial charge in [-0.2, -0.15) is 0 Å². The standard InChI is InChI=1S/C45H36B7N3S/c46-34-31(37(49)41-32(35(34)47)33-36(48)38(50)39(51)40(52)42(33)56-41)30-13-7-12-29(22-30)25-16-20-28(21-17-25)45-54-43(26-10-5-2-6-11-26)53-44(55-45)27-18-14-24(15-19-27)23-8-3-1-4-9-23/h1-22H,46-52H2. The van der Waals surface area contributed by atoms with Gasteiger partial charge in [-0.25, -0.2) is 15.0 Å². The van der Waals surface area contributed by atoms with Crippen molar-refractivity contribution in [1.82, 2.24) is 15.0 Å². The highest BCUT2D eigenvalue weighted by Gasteiger charge is 2.21. The van der Waals surface area contributed by atoms with Gasteiger partial charge in [0.05, 0.1) is 0 Å². The number of fused-ring (bicyclic) bond motifs is 3. The Labute approximate surface area is 338 Å². The van der Waals surface area contributed by atoms with E-state index in [-0.39, 0.29) is 0 Å². The van der Waals surface area contributed by atoms with Crippen molar-refractivity contribution in [3.8, 4) is 67.5 Å². The van der Waals surface area contributed by atoms with Crippen LogP contribution in [0.25, 0.3) is 87.7 Å². The highest BCUT2D eigenvalue weighted by Crippen LogP contribution is 2.33. The van der Waals surface area contributed by atoms with Crippen LogP contribution in [0.5, 0.6) is 0 Å². The summed E-state index contributed by atoms with van der Waals surface area (Å²) in [6.07, 6.45) is 0. The van der Waals surface area contributed by atoms with Gasteiger partial charge >= 0.3 is 0 Å². The zero-order valence-electron chi connectivity index (χ0n) is 33.0. The predicted octanol–water partition coefficient (Wildman–Crippen LogP) is 0.0503. The molecule has 0 saturated carbocycles. The zero-order valence-corrected chi connectivity index (χ0v) is 33.8. The van der Waals surface area contributed by atoms with Crippen LogP contribution < -0.4 is 38.2 Å². The molecular weight excluding hydrogens is 690 g/mol. The molecule has 0 aliphatic rings. The Morgan fingerprint density at radius 3 is 1.23 bits per heavy atom. The molecule has 56 heavy (non-hydrogen) atoms. The Morgan fingerprint density at radius 1 is 0.304 bits per heavy atom. The largest absolute Gasteiger partial charge is 0.208 e. The minimum Gasteiger partial charge on any atom is -0.208 e. The first-order valence-electron chi connectivity index (χ1n) is 19.3. The third kappa shape index (κ3) is 6.15. The molecule has 9 aromatic rings. The van der Waals surface area contributed by atoms with E-state index < -0.39 is 0 Å². The van der Waals surface area contributed by atoms with Crippen LogP contribution in [0.4, 0.5) is 0 Å². The van der Waals surface area contributed by atoms with Crippen LogP contribution in [0.3, 0.4) is 0 Å². The van der Waals surface area contributed by atoms with Crippen LogP contribution in [0.2, 0.25) is 0 Å². The maximum absolute atomic E-state index is 5.03. The van der Waals surface area contributed by atoms with Crippen LogP contribution in [0.1, 0.15) is 0 Å². The molecule has 0 unspecified atom stereocenters. The summed E-state index contributed by atoms with van der Waals surface area (Å²) in [5.74, 6) is 1.95. The van der Waals surface area contributed by atoms with E-state index in [2.05, 4.69) is 152 Å². The molecule has 258 valence electrons. The van der Waals surface area contributed by atoms with E-state index >= 15 is 0 Å². The van der Waals surface area contributed by atoms with Gasteiger partial charge in [0.15, 0.2) is 17.5 Å². The maximum atomic E-state index is 5.03. The number of hydrogen-bond acceptors (Lipinski definition) is 4. The molecule has 0 saturated heterocycles. The minimum absolute atomic E-state index is 0.649. The van der Waals surface area contributed by atoms with Gasteiger partial charge in [0.25, 0.3) is 0 Å². The smallest absolute Gasteiger partial charge is 0.164 e. The summed E-state index contributed by atoms with van der Waals surface area (Å²) < 4.78 is 2.84. The van der Waals surface area contributed by atoms with Crippen molar-refractivity contribution in [2.24, 2.45) is 0 Å². The van der Waals surface area contributed by atoms with Crippen LogP contribution in [-0.4, -0.2) is 69.9 Å². The molecule has 0 radical (unpaired) electrons. The SMILES string of the molecule is Bc1c(B)c(B)c2c(sc3c(B)c(-c4cccc(-c5ccc(-c6nc(-c7ccccc7)nc(-c7ccc(-c8ccccc8)cc7)n6)cc5)c4)c(B)c(B)c32)c1B. The predicted molar refractivity (Wildman–Crippen MR) is 263 cm³/mol. The third-order valence-corrected chi connectivity index (χ3v) is 13.3. The molecule has 0 atom stereocenters. The van der Waals surface area contributed by atoms with E-state index in [1.807, 2.05) is 47.7 Å². The quantitative estimate of drug-likeness (QED) is 0.228. The first-order chi connectivity index (χ1) is 27.2. The summed E-state index contributed by atoms with van der Waals surface area (Å²) in [6, 6.07) is 46.7. The molecule has 2 heterocycles. The normalized spacial score (nSPS) is 11.4. The number of aromatic nitrogens is 3. The van der Waals surface area contributed by atoms with E-state index in [4.69, 9.17) is 15.0 Å². The number of benzene rings is 7. The second kappa shape index (κ2) is 14.4. The average molecular weight is 727 g/mol. The Morgan fingerprint density at radius 2 is 0.679 bits per heavy atom. The average Bonchev–Trinajstić information content (AvgIpc) is 3.67. The first kappa shape index (κ1) is 35.9. The number of nitrogens with zero attached hydrogens (tertiary/aromatic N) is 3. The van der Waals surface area contributed by atoms with Crippen molar-refractivity contribution in [2.75, 3.05) is 0 Å². The monoisotopic (exact) mass is 727 g/mol. The zero-order chi connectivity index (χ0) is 38.7. The van der Waals surface area contributed by atoms with Gasteiger partial charge in [0.1, 0.15) is 54.9 Å². The maximum Gasteiger partial charge on any atom is 0.164 e. The van der Waals surface area contributed by atoms with E-state index in [9.17, 15) is 0 Å². The van der Waals surface area contributed by atoms with Gasteiger partial charge in [-0.15, -0.1) is 22.3 Å². The van der Waals surface area contributed by atoms with Gasteiger partial charge in [-0.05, 0) is 50.2 Å². The lowest BCUT2D eigenvalue weighted by Gasteiger charge is -2.18. The van der Waals surface area contributed by atoms with Crippen LogP contribution in [0.15, 0.2) is 133 Å². The Hall–Kier alpha value is -5.78. The summed E-state index contributed by atoms with van der Waals surface area (Å²) in [5, 5.41) is 2.87. The Bertz CT molecular complexity index is 2970. The van der Waals surface area contributed by atoms with Crippen LogP contribution >= 0.6 is 11.3 Å². The van der Waals surface area contributed by atoms with Crippen molar-refractivity contribution < 1.29 is 0 Å². The second-order valence-electron chi connectivity index (χ2n) is 15.0. The fourth-order valence-corrected chi connectivity index (χ4v) is 9.74. The van der Waals surface area contributed by atoms with Gasteiger partial charge in [-0.3, -0.25) is 0 Å². The van der Waals surface area contributed by atoms with Gasteiger partial charge < -0.3 is 0 Å². The van der Waals surface area contributed by atoms with Gasteiger partial charge in [0.2, 0.25) is 0 Å². The fourth-order valence-electron chi connectivity index (χ4n) is 8.26.